The second-order valence-electron chi connectivity index (χ2n) is 7.30. The number of aromatic nitrogens is 4. The Kier molecular flexibility index (Phi) is 4.72. The predicted molar refractivity (Wildman–Crippen MR) is 108 cm³/mol. The average molecular weight is 448 g/mol. The smallest absolute Gasteiger partial charge is 0.256 e. The number of carbonyl (C=O) groups excluding carboxylic acids is 1. The zero-order valence-corrected chi connectivity index (χ0v) is 17.4. The highest BCUT2D eigenvalue weighted by Gasteiger charge is 2.44. The van der Waals surface area contributed by atoms with Crippen LogP contribution in [0.15, 0.2) is 30.3 Å². The fourth-order valence-corrected chi connectivity index (χ4v) is 4.42. The van der Waals surface area contributed by atoms with E-state index in [1.165, 1.54) is 6.07 Å². The van der Waals surface area contributed by atoms with E-state index in [2.05, 4.69) is 15.2 Å². The van der Waals surface area contributed by atoms with Crippen molar-refractivity contribution in [2.75, 3.05) is 13.2 Å². The summed E-state index contributed by atoms with van der Waals surface area (Å²) in [4.78, 5) is 19.6. The third-order valence-electron chi connectivity index (χ3n) is 5.40. The molecule has 2 aromatic heterocycles. The first-order valence-corrected chi connectivity index (χ1v) is 10.1. The van der Waals surface area contributed by atoms with Crippen molar-refractivity contribution in [1.82, 2.24) is 24.6 Å². The minimum absolute atomic E-state index is 0.0997. The molecule has 10 heteroatoms. The molecule has 0 saturated carbocycles. The summed E-state index contributed by atoms with van der Waals surface area (Å²) in [6.45, 7) is 2.99. The number of fused-ring (bicyclic) bond motifs is 4. The van der Waals surface area contributed by atoms with Gasteiger partial charge in [-0.15, -0.1) is 10.2 Å². The summed E-state index contributed by atoms with van der Waals surface area (Å²) < 4.78 is 21.4. The van der Waals surface area contributed by atoms with E-state index in [1.807, 2.05) is 29.7 Å². The van der Waals surface area contributed by atoms with Crippen LogP contribution in [0, 0.1) is 12.7 Å². The fourth-order valence-electron chi connectivity index (χ4n) is 4.02. The van der Waals surface area contributed by atoms with Crippen LogP contribution in [0.1, 0.15) is 27.9 Å². The van der Waals surface area contributed by atoms with E-state index in [-0.39, 0.29) is 34.2 Å². The third kappa shape index (κ3) is 2.98. The molecule has 1 saturated heterocycles. The number of hydrogen-bond donors (Lipinski definition) is 0. The molecule has 0 aliphatic carbocycles. The van der Waals surface area contributed by atoms with E-state index in [9.17, 15) is 9.18 Å². The van der Waals surface area contributed by atoms with Gasteiger partial charge in [-0.05, 0) is 31.2 Å². The molecule has 2 aliphatic heterocycles. The molecule has 1 aromatic carbocycles. The molecule has 4 heterocycles. The number of amides is 1. The van der Waals surface area contributed by atoms with E-state index in [4.69, 9.17) is 27.9 Å². The lowest BCUT2D eigenvalue weighted by molar-refractivity contribution is -0.0569. The minimum Gasteiger partial charge on any atom is -0.377 e. The van der Waals surface area contributed by atoms with Gasteiger partial charge in [-0.2, -0.15) is 0 Å². The van der Waals surface area contributed by atoms with Gasteiger partial charge >= 0.3 is 0 Å². The second kappa shape index (κ2) is 7.30. The highest BCUT2D eigenvalue weighted by molar-refractivity contribution is 6.44. The molecule has 0 N–H and O–H groups in total. The van der Waals surface area contributed by atoms with Gasteiger partial charge in [0.05, 0.1) is 34.9 Å². The Morgan fingerprint density at radius 3 is 2.80 bits per heavy atom. The van der Waals surface area contributed by atoms with E-state index in [1.54, 1.807) is 4.90 Å². The van der Waals surface area contributed by atoms with Gasteiger partial charge < -0.3 is 14.2 Å². The van der Waals surface area contributed by atoms with Crippen molar-refractivity contribution in [1.29, 1.82) is 0 Å². The first-order chi connectivity index (χ1) is 14.5. The Morgan fingerprint density at radius 2 is 2.00 bits per heavy atom. The van der Waals surface area contributed by atoms with Gasteiger partial charge in [0.1, 0.15) is 17.6 Å². The van der Waals surface area contributed by atoms with Gasteiger partial charge in [0.15, 0.2) is 11.6 Å². The van der Waals surface area contributed by atoms with Crippen LogP contribution in [0.4, 0.5) is 4.39 Å². The number of benzene rings is 1. The number of carbonyl (C=O) groups is 1. The van der Waals surface area contributed by atoms with Crippen LogP contribution < -0.4 is 0 Å². The highest BCUT2D eigenvalue weighted by atomic mass is 35.5. The fraction of sp³-hybridized carbons (Fsp3) is 0.300. The normalized spacial score (nSPS) is 20.2. The van der Waals surface area contributed by atoms with Gasteiger partial charge in [-0.25, -0.2) is 9.37 Å². The Balaban J connectivity index is 1.56. The Hall–Kier alpha value is -2.55. The summed E-state index contributed by atoms with van der Waals surface area (Å²) in [6, 6.07) is 7.50. The maximum atomic E-state index is 13.7. The lowest BCUT2D eigenvalue weighted by Gasteiger charge is -2.45. The van der Waals surface area contributed by atoms with Gasteiger partial charge in [-0.3, -0.25) is 4.79 Å². The van der Waals surface area contributed by atoms with Crippen molar-refractivity contribution < 1.29 is 13.9 Å². The van der Waals surface area contributed by atoms with E-state index in [0.29, 0.717) is 24.8 Å². The predicted octanol–water partition coefficient (Wildman–Crippen LogP) is 3.69. The molecule has 2 bridgehead atoms. The summed E-state index contributed by atoms with van der Waals surface area (Å²) in [5.74, 6) is 0.252. The molecular formula is C20H16Cl2FN5O2. The van der Waals surface area contributed by atoms with E-state index >= 15 is 0 Å². The van der Waals surface area contributed by atoms with Crippen molar-refractivity contribution in [3.05, 3.63) is 63.3 Å². The summed E-state index contributed by atoms with van der Waals surface area (Å²) in [5, 5.41) is 8.32. The van der Waals surface area contributed by atoms with Crippen molar-refractivity contribution in [3.8, 4) is 11.5 Å². The lowest BCUT2D eigenvalue weighted by atomic mass is 10.0. The highest BCUT2D eigenvalue weighted by Crippen LogP contribution is 2.37. The molecule has 154 valence electrons. The van der Waals surface area contributed by atoms with Gasteiger partial charge in [0.25, 0.3) is 5.91 Å². The number of ether oxygens (including phenoxy) is 1. The lowest BCUT2D eigenvalue weighted by Crippen LogP contribution is -2.56. The number of halogens is 3. The molecule has 2 unspecified atom stereocenters. The topological polar surface area (TPSA) is 73.1 Å². The molecule has 1 amide bonds. The van der Waals surface area contributed by atoms with Crippen LogP contribution in [0.3, 0.4) is 0 Å². The number of pyridine rings is 1. The number of aryl methyl sites for hydroxylation is 1. The van der Waals surface area contributed by atoms with Crippen LogP contribution >= 0.6 is 23.2 Å². The van der Waals surface area contributed by atoms with E-state index in [0.717, 1.165) is 17.5 Å². The maximum absolute atomic E-state index is 13.7. The zero-order chi connectivity index (χ0) is 21.0. The molecule has 30 heavy (non-hydrogen) atoms. The summed E-state index contributed by atoms with van der Waals surface area (Å²) in [5.41, 5.74) is 1.75. The average Bonchev–Trinajstić information content (AvgIpc) is 3.15. The number of hydrogen-bond acceptors (Lipinski definition) is 5. The first kappa shape index (κ1) is 19.4. The van der Waals surface area contributed by atoms with Crippen molar-refractivity contribution in [3.63, 3.8) is 0 Å². The summed E-state index contributed by atoms with van der Waals surface area (Å²) in [7, 11) is 0. The molecule has 7 nitrogen and oxygen atoms in total. The number of morpholine rings is 1. The van der Waals surface area contributed by atoms with E-state index < -0.39 is 11.9 Å². The molecule has 5 rings (SSSR count). The maximum Gasteiger partial charge on any atom is 0.256 e. The SMILES string of the molecule is Cc1cccc(-c2nnc3n2CC2COCC3N2C(=O)c2ccc(F)c(Cl)c2Cl)n1. The largest absolute Gasteiger partial charge is 0.377 e. The monoisotopic (exact) mass is 447 g/mol. The van der Waals surface area contributed by atoms with Crippen LogP contribution in [-0.2, 0) is 11.3 Å². The molecule has 0 spiro atoms. The van der Waals surface area contributed by atoms with Crippen molar-refractivity contribution >= 4 is 29.1 Å². The second-order valence-corrected chi connectivity index (χ2v) is 8.05. The zero-order valence-electron chi connectivity index (χ0n) is 15.8. The van der Waals surface area contributed by atoms with Crippen LogP contribution in [0.2, 0.25) is 10.0 Å². The molecule has 0 radical (unpaired) electrons. The van der Waals surface area contributed by atoms with Gasteiger partial charge in [0, 0.05) is 12.2 Å². The molecule has 2 aliphatic rings. The molecule has 2 atom stereocenters. The third-order valence-corrected chi connectivity index (χ3v) is 6.26. The van der Waals surface area contributed by atoms with Crippen molar-refractivity contribution in [2.24, 2.45) is 0 Å². The quantitative estimate of drug-likeness (QED) is 0.560. The molecule has 1 fully saturated rings. The number of nitrogens with zero attached hydrogens (tertiary/aromatic N) is 5. The molecular weight excluding hydrogens is 432 g/mol. The van der Waals surface area contributed by atoms with Crippen LogP contribution in [-0.4, -0.2) is 49.8 Å². The minimum atomic E-state index is -0.671. The van der Waals surface area contributed by atoms with Crippen molar-refractivity contribution in [2.45, 2.75) is 25.6 Å². The Labute approximate surface area is 181 Å². The Bertz CT molecular complexity index is 1170. The van der Waals surface area contributed by atoms with Gasteiger partial charge in [-0.1, -0.05) is 29.3 Å². The standard InChI is InChI=1S/C20H16Cl2FN5O2/c1-10-3-2-4-14(24-10)18-25-26-19-15-9-30-8-11(7-27(18)19)28(15)20(29)12-5-6-13(23)17(22)16(12)21/h2-6,11,15H,7-9H2,1H3. The summed E-state index contributed by atoms with van der Waals surface area (Å²) in [6.07, 6.45) is 0. The molecule has 3 aromatic rings. The van der Waals surface area contributed by atoms with Crippen LogP contribution in [0.25, 0.3) is 11.5 Å². The Morgan fingerprint density at radius 1 is 1.17 bits per heavy atom. The van der Waals surface area contributed by atoms with Crippen LogP contribution in [0.5, 0.6) is 0 Å². The first-order valence-electron chi connectivity index (χ1n) is 9.36. The van der Waals surface area contributed by atoms with Gasteiger partial charge in [0.2, 0.25) is 0 Å². The number of rotatable bonds is 2. The summed E-state index contributed by atoms with van der Waals surface area (Å²) >= 11 is 12.1.